The third-order valence-corrected chi connectivity index (χ3v) is 3.14. The molecule has 0 saturated heterocycles. The Hall–Kier alpha value is -0.310. The minimum Gasteiger partial charge on any atom is -0.360 e. The summed E-state index contributed by atoms with van der Waals surface area (Å²) in [5, 5.41) is 7.56. The van der Waals surface area contributed by atoms with Gasteiger partial charge in [-0.2, -0.15) is 0 Å². The van der Waals surface area contributed by atoms with Crippen LogP contribution >= 0.6 is 12.2 Å². The monoisotopic (exact) mass is 228 g/mol. The Balaban J connectivity index is 2.36. The van der Waals surface area contributed by atoms with Crippen LogP contribution in [0.3, 0.4) is 0 Å². The molecule has 1 saturated carbocycles. The lowest BCUT2D eigenvalue weighted by atomic mass is 9.86. The highest BCUT2D eigenvalue weighted by Crippen LogP contribution is 2.23. The van der Waals surface area contributed by atoms with Crippen molar-refractivity contribution in [1.29, 1.82) is 0 Å². The average molecular weight is 228 g/mol. The molecule has 0 amide bonds. The summed E-state index contributed by atoms with van der Waals surface area (Å²) in [6.07, 6.45) is 5.29. The van der Waals surface area contributed by atoms with Crippen LogP contribution in [0.2, 0.25) is 0 Å². The fraction of sp³-hybridized carbons (Fsp3) is 0.917. The second-order valence-electron chi connectivity index (χ2n) is 5.72. The van der Waals surface area contributed by atoms with E-state index in [4.69, 9.17) is 12.2 Å². The van der Waals surface area contributed by atoms with Crippen molar-refractivity contribution in [2.24, 2.45) is 5.92 Å². The lowest BCUT2D eigenvalue weighted by molar-refractivity contribution is 0.306. The fourth-order valence-electron chi connectivity index (χ4n) is 2.08. The molecule has 2 N–H and O–H groups in total. The van der Waals surface area contributed by atoms with Gasteiger partial charge in [-0.15, -0.1) is 0 Å². The Kier molecular flexibility index (Phi) is 4.38. The second-order valence-corrected chi connectivity index (χ2v) is 6.12. The van der Waals surface area contributed by atoms with Crippen molar-refractivity contribution in [3.05, 3.63) is 0 Å². The molecule has 1 aliphatic carbocycles. The van der Waals surface area contributed by atoms with Crippen molar-refractivity contribution >= 4 is 17.3 Å². The van der Waals surface area contributed by atoms with Gasteiger partial charge in [0.2, 0.25) is 0 Å². The maximum absolute atomic E-state index is 5.31. The molecule has 3 heteroatoms. The van der Waals surface area contributed by atoms with Crippen LogP contribution in [0.1, 0.15) is 53.4 Å². The van der Waals surface area contributed by atoms with E-state index in [1.807, 2.05) is 0 Å². The van der Waals surface area contributed by atoms with Gasteiger partial charge in [0.05, 0.1) is 0 Å². The van der Waals surface area contributed by atoms with E-state index in [1.54, 1.807) is 0 Å². The number of nitrogens with one attached hydrogen (secondary N) is 2. The van der Waals surface area contributed by atoms with Gasteiger partial charge in [0.1, 0.15) is 0 Å². The molecular formula is C12H24N2S. The van der Waals surface area contributed by atoms with Gasteiger partial charge in [-0.05, 0) is 51.7 Å². The van der Waals surface area contributed by atoms with E-state index >= 15 is 0 Å². The van der Waals surface area contributed by atoms with Crippen molar-refractivity contribution in [3.8, 4) is 0 Å². The molecular weight excluding hydrogens is 204 g/mol. The molecule has 0 aromatic heterocycles. The molecule has 1 fully saturated rings. The summed E-state index contributed by atoms with van der Waals surface area (Å²) < 4.78 is 0. The molecule has 0 aromatic rings. The third kappa shape index (κ3) is 4.83. The summed E-state index contributed by atoms with van der Waals surface area (Å²) in [5.74, 6) is 0.749. The lowest BCUT2D eigenvalue weighted by Gasteiger charge is -2.32. The van der Waals surface area contributed by atoms with Crippen LogP contribution in [0.5, 0.6) is 0 Å². The number of hydrogen-bond donors (Lipinski definition) is 2. The molecule has 88 valence electrons. The van der Waals surface area contributed by atoms with Gasteiger partial charge < -0.3 is 10.6 Å². The first kappa shape index (κ1) is 12.8. The van der Waals surface area contributed by atoms with Crippen molar-refractivity contribution < 1.29 is 0 Å². The minimum atomic E-state index is 0.0575. The second kappa shape index (κ2) is 5.15. The van der Waals surface area contributed by atoms with Gasteiger partial charge in [0.15, 0.2) is 5.11 Å². The SMILES string of the molecule is CC1CCCCC1NC(=S)NC(C)(C)C. The molecule has 15 heavy (non-hydrogen) atoms. The lowest BCUT2D eigenvalue weighted by Crippen LogP contribution is -2.51. The molecule has 2 unspecified atom stereocenters. The van der Waals surface area contributed by atoms with Crippen molar-refractivity contribution in [2.45, 2.75) is 65.0 Å². The third-order valence-electron chi connectivity index (χ3n) is 2.92. The van der Waals surface area contributed by atoms with E-state index < -0.39 is 0 Å². The summed E-state index contributed by atoms with van der Waals surface area (Å²) >= 11 is 5.31. The van der Waals surface area contributed by atoms with Crippen LogP contribution in [0.4, 0.5) is 0 Å². The van der Waals surface area contributed by atoms with E-state index in [-0.39, 0.29) is 5.54 Å². The Labute approximate surface area is 99.2 Å². The first-order valence-electron chi connectivity index (χ1n) is 5.97. The van der Waals surface area contributed by atoms with E-state index in [1.165, 1.54) is 25.7 Å². The summed E-state index contributed by atoms with van der Waals surface area (Å²) in [5.41, 5.74) is 0.0575. The van der Waals surface area contributed by atoms with E-state index in [2.05, 4.69) is 38.3 Å². The standard InChI is InChI=1S/C12H24N2S/c1-9-7-5-6-8-10(9)13-11(15)14-12(2,3)4/h9-10H,5-8H2,1-4H3,(H2,13,14,15). The molecule has 2 atom stereocenters. The van der Waals surface area contributed by atoms with Crippen LogP contribution < -0.4 is 10.6 Å². The molecule has 0 spiro atoms. The predicted molar refractivity (Wildman–Crippen MR) is 70.0 cm³/mol. The molecule has 0 aliphatic heterocycles. The van der Waals surface area contributed by atoms with Crippen LogP contribution in [-0.4, -0.2) is 16.7 Å². The molecule has 0 bridgehead atoms. The summed E-state index contributed by atoms with van der Waals surface area (Å²) in [7, 11) is 0. The van der Waals surface area contributed by atoms with Crippen LogP contribution in [0, 0.1) is 5.92 Å². The summed E-state index contributed by atoms with van der Waals surface area (Å²) in [4.78, 5) is 0. The topological polar surface area (TPSA) is 24.1 Å². The van der Waals surface area contributed by atoms with Crippen LogP contribution in [-0.2, 0) is 0 Å². The zero-order chi connectivity index (χ0) is 11.5. The highest BCUT2D eigenvalue weighted by atomic mass is 32.1. The smallest absolute Gasteiger partial charge is 0.166 e. The number of hydrogen-bond acceptors (Lipinski definition) is 1. The number of thiocarbonyl (C=S) groups is 1. The van der Waals surface area contributed by atoms with E-state index in [0.717, 1.165) is 11.0 Å². The van der Waals surface area contributed by atoms with Gasteiger partial charge in [-0.1, -0.05) is 19.8 Å². The molecule has 0 radical (unpaired) electrons. The Morgan fingerprint density at radius 1 is 1.20 bits per heavy atom. The van der Waals surface area contributed by atoms with Crippen molar-refractivity contribution in [1.82, 2.24) is 10.6 Å². The van der Waals surface area contributed by atoms with E-state index in [9.17, 15) is 0 Å². The summed E-state index contributed by atoms with van der Waals surface area (Å²) in [6, 6.07) is 0.570. The van der Waals surface area contributed by atoms with Gasteiger partial charge in [-0.3, -0.25) is 0 Å². The maximum Gasteiger partial charge on any atom is 0.166 e. The predicted octanol–water partition coefficient (Wildman–Crippen LogP) is 2.83. The maximum atomic E-state index is 5.31. The highest BCUT2D eigenvalue weighted by molar-refractivity contribution is 7.80. The first-order chi connectivity index (χ1) is 6.88. The zero-order valence-corrected chi connectivity index (χ0v) is 11.2. The fourth-order valence-corrected chi connectivity index (χ4v) is 2.53. The molecule has 1 aliphatic rings. The molecule has 0 heterocycles. The van der Waals surface area contributed by atoms with Crippen LogP contribution in [0.25, 0.3) is 0 Å². The molecule has 1 rings (SSSR count). The molecule has 0 aromatic carbocycles. The largest absolute Gasteiger partial charge is 0.360 e. The first-order valence-corrected chi connectivity index (χ1v) is 6.38. The van der Waals surface area contributed by atoms with Gasteiger partial charge in [0, 0.05) is 11.6 Å². The zero-order valence-electron chi connectivity index (χ0n) is 10.4. The normalized spacial score (nSPS) is 27.2. The summed E-state index contributed by atoms with van der Waals surface area (Å²) in [6.45, 7) is 8.71. The van der Waals surface area contributed by atoms with Crippen molar-refractivity contribution in [3.63, 3.8) is 0 Å². The Morgan fingerprint density at radius 3 is 2.33 bits per heavy atom. The quantitative estimate of drug-likeness (QED) is 0.675. The molecule has 2 nitrogen and oxygen atoms in total. The highest BCUT2D eigenvalue weighted by Gasteiger charge is 2.22. The van der Waals surface area contributed by atoms with Gasteiger partial charge in [0.25, 0.3) is 0 Å². The average Bonchev–Trinajstić information content (AvgIpc) is 2.05. The Morgan fingerprint density at radius 2 is 1.80 bits per heavy atom. The van der Waals surface area contributed by atoms with Gasteiger partial charge >= 0.3 is 0 Å². The van der Waals surface area contributed by atoms with Crippen LogP contribution in [0.15, 0.2) is 0 Å². The van der Waals surface area contributed by atoms with Gasteiger partial charge in [-0.25, -0.2) is 0 Å². The van der Waals surface area contributed by atoms with Crippen molar-refractivity contribution in [2.75, 3.05) is 0 Å². The minimum absolute atomic E-state index is 0.0575. The number of rotatable bonds is 1. The van der Waals surface area contributed by atoms with E-state index in [0.29, 0.717) is 6.04 Å². The Bertz CT molecular complexity index is 220.